The molecule has 0 bridgehead atoms. The van der Waals surface area contributed by atoms with Crippen LogP contribution >= 0.6 is 0 Å². The van der Waals surface area contributed by atoms with Gasteiger partial charge in [0, 0.05) is 7.05 Å². The molecule has 8 nitrogen and oxygen atoms in total. The maximum Gasteiger partial charge on any atom is 0.405 e. The highest BCUT2D eigenvalue weighted by molar-refractivity contribution is 5.84. The molecule has 1 fully saturated rings. The fourth-order valence-electron chi connectivity index (χ4n) is 3.48. The van der Waals surface area contributed by atoms with Crippen molar-refractivity contribution in [3.63, 3.8) is 0 Å². The number of hydroxylamine groups is 2. The zero-order chi connectivity index (χ0) is 20.5. The largest absolute Gasteiger partial charge is 0.497 e. The van der Waals surface area contributed by atoms with E-state index in [0.717, 1.165) is 42.1 Å². The zero-order valence-corrected chi connectivity index (χ0v) is 16.7. The lowest BCUT2D eigenvalue weighted by Gasteiger charge is -2.31. The van der Waals surface area contributed by atoms with Crippen LogP contribution in [0.3, 0.4) is 0 Å². The van der Waals surface area contributed by atoms with Crippen LogP contribution in [0.2, 0.25) is 0 Å². The van der Waals surface area contributed by atoms with Gasteiger partial charge in [0.05, 0.1) is 26.9 Å². The number of nitrogens with zero attached hydrogens (tertiary/aromatic N) is 1. The van der Waals surface area contributed by atoms with Gasteiger partial charge in [-0.25, -0.2) is 9.86 Å². The first-order valence-electron chi connectivity index (χ1n) is 9.48. The van der Waals surface area contributed by atoms with E-state index < -0.39 is 12.1 Å². The molecule has 1 saturated carbocycles. The molecule has 0 unspecified atom stereocenters. The van der Waals surface area contributed by atoms with Crippen LogP contribution in [0.4, 0.5) is 4.79 Å². The lowest BCUT2D eigenvalue weighted by atomic mass is 9.83. The number of likely N-dealkylation sites (N-methyl/N-ethyl adjacent to an activating group) is 1. The number of carbonyl (C=O) groups excluding carboxylic acids is 1. The Morgan fingerprint density at radius 1 is 1.18 bits per heavy atom. The van der Waals surface area contributed by atoms with Crippen molar-refractivity contribution >= 4 is 12.0 Å². The molecule has 156 valence electrons. The highest BCUT2D eigenvalue weighted by Crippen LogP contribution is 2.30. The van der Waals surface area contributed by atoms with E-state index in [2.05, 4.69) is 5.32 Å². The van der Waals surface area contributed by atoms with Crippen LogP contribution in [0.5, 0.6) is 5.75 Å². The number of methoxy groups -OCH3 is 1. The SMILES string of the molecule is COc1ccc(CO[C@H]2CC[C@H](C[C@H](NC(=O)O)C(=O)N(C)OC)CC2)cc1. The number of carboxylic acid groups (broad SMARTS) is 1. The van der Waals surface area contributed by atoms with Crippen molar-refractivity contribution < 1.29 is 29.0 Å². The fraction of sp³-hybridized carbons (Fsp3) is 0.600. The summed E-state index contributed by atoms with van der Waals surface area (Å²) in [6, 6.07) is 7.01. The average Bonchev–Trinajstić information content (AvgIpc) is 2.71. The highest BCUT2D eigenvalue weighted by atomic mass is 16.7. The second kappa shape index (κ2) is 10.9. The van der Waals surface area contributed by atoms with Gasteiger partial charge in [0.15, 0.2) is 0 Å². The van der Waals surface area contributed by atoms with Crippen LogP contribution < -0.4 is 10.1 Å². The lowest BCUT2D eigenvalue weighted by molar-refractivity contribution is -0.171. The summed E-state index contributed by atoms with van der Waals surface area (Å²) in [5.74, 6) is 0.706. The quantitative estimate of drug-likeness (QED) is 0.625. The average molecular weight is 394 g/mol. The Bertz CT molecular complexity index is 628. The first-order valence-corrected chi connectivity index (χ1v) is 9.48. The zero-order valence-electron chi connectivity index (χ0n) is 16.7. The molecule has 0 aromatic heterocycles. The molecule has 28 heavy (non-hydrogen) atoms. The standard InChI is InChI=1S/C20H30N2O6/c1-22(27-3)19(23)18(21-20(24)25)12-14-4-10-17(11-5-14)28-13-15-6-8-16(26-2)9-7-15/h6-9,14,17-18,21H,4-5,10-13H2,1-3H3,(H,24,25)/t14-,17-,18-/m0/s1. The minimum absolute atomic E-state index is 0.182. The number of rotatable bonds is 9. The lowest BCUT2D eigenvalue weighted by Crippen LogP contribution is -2.47. The van der Waals surface area contributed by atoms with Gasteiger partial charge in [-0.15, -0.1) is 0 Å². The predicted octanol–water partition coefficient (Wildman–Crippen LogP) is 2.82. The number of carbonyl (C=O) groups is 2. The number of hydrogen-bond acceptors (Lipinski definition) is 5. The Kier molecular flexibility index (Phi) is 8.53. The van der Waals surface area contributed by atoms with E-state index in [1.807, 2.05) is 24.3 Å². The van der Waals surface area contributed by atoms with Crippen molar-refractivity contribution in [2.24, 2.45) is 5.92 Å². The fourth-order valence-corrected chi connectivity index (χ4v) is 3.48. The molecule has 1 aliphatic rings. The van der Waals surface area contributed by atoms with Crippen LogP contribution in [-0.2, 0) is 21.0 Å². The second-order valence-electron chi connectivity index (χ2n) is 7.06. The molecule has 2 rings (SSSR count). The van der Waals surface area contributed by atoms with E-state index in [0.29, 0.717) is 13.0 Å². The molecule has 2 amide bonds. The van der Waals surface area contributed by atoms with Gasteiger partial charge < -0.3 is 19.9 Å². The molecule has 0 saturated heterocycles. The van der Waals surface area contributed by atoms with E-state index in [-0.39, 0.29) is 17.9 Å². The van der Waals surface area contributed by atoms with Crippen LogP contribution in [-0.4, -0.2) is 55.6 Å². The number of hydrogen-bond donors (Lipinski definition) is 2. The van der Waals surface area contributed by atoms with Crippen LogP contribution in [0.15, 0.2) is 24.3 Å². The van der Waals surface area contributed by atoms with Crippen LogP contribution in [0, 0.1) is 5.92 Å². The summed E-state index contributed by atoms with van der Waals surface area (Å²) in [5, 5.41) is 12.4. The minimum atomic E-state index is -1.21. The molecule has 1 aromatic rings. The molecule has 1 atom stereocenters. The first-order chi connectivity index (χ1) is 13.4. The van der Waals surface area contributed by atoms with Crippen molar-refractivity contribution in [3.8, 4) is 5.75 Å². The molecule has 0 heterocycles. The maximum absolute atomic E-state index is 12.3. The van der Waals surface area contributed by atoms with Gasteiger partial charge >= 0.3 is 6.09 Å². The summed E-state index contributed by atoms with van der Waals surface area (Å²) in [6.45, 7) is 0.555. The Labute approximate surface area is 165 Å². The Balaban J connectivity index is 1.79. The molecular weight excluding hydrogens is 364 g/mol. The Morgan fingerprint density at radius 2 is 1.82 bits per heavy atom. The minimum Gasteiger partial charge on any atom is -0.497 e. The van der Waals surface area contributed by atoms with E-state index in [1.165, 1.54) is 14.2 Å². The summed E-state index contributed by atoms with van der Waals surface area (Å²) in [7, 11) is 4.49. The van der Waals surface area contributed by atoms with E-state index in [4.69, 9.17) is 19.4 Å². The third-order valence-corrected chi connectivity index (χ3v) is 5.19. The number of benzene rings is 1. The molecule has 2 N–H and O–H groups in total. The summed E-state index contributed by atoms with van der Waals surface area (Å²) in [5.41, 5.74) is 1.10. The topological polar surface area (TPSA) is 97.3 Å². The van der Waals surface area contributed by atoms with Crippen molar-refractivity contribution in [3.05, 3.63) is 29.8 Å². The normalized spacial score (nSPS) is 20.2. The van der Waals surface area contributed by atoms with Crippen molar-refractivity contribution in [2.45, 2.75) is 50.9 Å². The number of nitrogens with one attached hydrogen (secondary N) is 1. The van der Waals surface area contributed by atoms with Gasteiger partial charge in [0.25, 0.3) is 5.91 Å². The van der Waals surface area contributed by atoms with Gasteiger partial charge in [-0.05, 0) is 55.7 Å². The predicted molar refractivity (Wildman–Crippen MR) is 103 cm³/mol. The summed E-state index contributed by atoms with van der Waals surface area (Å²) in [6.07, 6.45) is 3.03. The summed E-state index contributed by atoms with van der Waals surface area (Å²) in [4.78, 5) is 28.2. The molecule has 8 heteroatoms. The Morgan fingerprint density at radius 3 is 2.36 bits per heavy atom. The molecular formula is C20H30N2O6. The number of ether oxygens (including phenoxy) is 2. The van der Waals surface area contributed by atoms with Gasteiger partial charge in [0.1, 0.15) is 11.8 Å². The second-order valence-corrected chi connectivity index (χ2v) is 7.06. The van der Waals surface area contributed by atoms with E-state index in [9.17, 15) is 9.59 Å². The molecule has 0 aliphatic heterocycles. The maximum atomic E-state index is 12.3. The van der Waals surface area contributed by atoms with Gasteiger partial charge in [-0.2, -0.15) is 0 Å². The van der Waals surface area contributed by atoms with Crippen LogP contribution in [0.25, 0.3) is 0 Å². The monoisotopic (exact) mass is 394 g/mol. The van der Waals surface area contributed by atoms with Crippen molar-refractivity contribution in [2.75, 3.05) is 21.3 Å². The van der Waals surface area contributed by atoms with Crippen LogP contribution in [0.1, 0.15) is 37.7 Å². The summed E-state index contributed by atoms with van der Waals surface area (Å²) >= 11 is 0. The first kappa shape index (κ1) is 22.0. The molecule has 0 radical (unpaired) electrons. The number of amides is 2. The highest BCUT2D eigenvalue weighted by Gasteiger charge is 2.30. The van der Waals surface area contributed by atoms with Gasteiger partial charge in [-0.3, -0.25) is 9.63 Å². The third kappa shape index (κ3) is 6.69. The van der Waals surface area contributed by atoms with E-state index in [1.54, 1.807) is 7.11 Å². The summed E-state index contributed by atoms with van der Waals surface area (Å²) < 4.78 is 11.2. The van der Waals surface area contributed by atoms with Gasteiger partial charge in [-0.1, -0.05) is 12.1 Å². The van der Waals surface area contributed by atoms with Crippen molar-refractivity contribution in [1.29, 1.82) is 0 Å². The van der Waals surface area contributed by atoms with Crippen molar-refractivity contribution in [1.82, 2.24) is 10.4 Å². The molecule has 1 aromatic carbocycles. The molecule has 1 aliphatic carbocycles. The van der Waals surface area contributed by atoms with Gasteiger partial charge in [0.2, 0.25) is 0 Å². The molecule has 0 spiro atoms. The smallest absolute Gasteiger partial charge is 0.405 e. The third-order valence-electron chi connectivity index (χ3n) is 5.19. The van der Waals surface area contributed by atoms with E-state index >= 15 is 0 Å². The Hall–Kier alpha value is -2.32.